The van der Waals surface area contributed by atoms with Crippen molar-refractivity contribution in [2.45, 2.75) is 52.4 Å². The molecule has 0 aromatic carbocycles. The van der Waals surface area contributed by atoms with E-state index < -0.39 is 11.7 Å². The lowest BCUT2D eigenvalue weighted by Gasteiger charge is -2.36. The van der Waals surface area contributed by atoms with E-state index >= 15 is 0 Å². The van der Waals surface area contributed by atoms with E-state index in [1.165, 1.54) is 11.3 Å². The van der Waals surface area contributed by atoms with Gasteiger partial charge in [0.1, 0.15) is 23.7 Å². The second kappa shape index (κ2) is 9.61. The molecule has 2 atom stereocenters. The molecule has 1 saturated heterocycles. The maximum atomic E-state index is 12.1. The van der Waals surface area contributed by atoms with Crippen molar-refractivity contribution < 1.29 is 19.1 Å². The maximum Gasteiger partial charge on any atom is 0.408 e. The summed E-state index contributed by atoms with van der Waals surface area (Å²) in [5, 5.41) is 7.39. The number of pyridine rings is 1. The highest BCUT2D eigenvalue weighted by atomic mass is 32.1. The number of carbonyl (C=O) groups excluding carboxylic acids is 2. The van der Waals surface area contributed by atoms with E-state index in [9.17, 15) is 9.59 Å². The van der Waals surface area contributed by atoms with Crippen LogP contribution in [0.4, 0.5) is 15.7 Å². The second-order valence-corrected chi connectivity index (χ2v) is 9.34. The summed E-state index contributed by atoms with van der Waals surface area (Å²) >= 11 is 1.30. The number of thiazole rings is 1. The van der Waals surface area contributed by atoms with Crippen LogP contribution in [0.2, 0.25) is 0 Å². The van der Waals surface area contributed by atoms with Crippen LogP contribution in [0.15, 0.2) is 23.6 Å². The number of morpholine rings is 1. The largest absolute Gasteiger partial charge is 0.444 e. The molecule has 3 heterocycles. The molecule has 0 saturated carbocycles. The summed E-state index contributed by atoms with van der Waals surface area (Å²) in [5.74, 6) is 0.490. The molecule has 0 aliphatic carbocycles. The quantitative estimate of drug-likeness (QED) is 0.724. The summed E-state index contributed by atoms with van der Waals surface area (Å²) < 4.78 is 10.9. The molecular formula is C21H29N5O4S. The van der Waals surface area contributed by atoms with Crippen molar-refractivity contribution in [1.29, 1.82) is 0 Å². The average Bonchev–Trinajstić information content (AvgIpc) is 3.13. The summed E-state index contributed by atoms with van der Waals surface area (Å²) in [4.78, 5) is 35.2. The number of ether oxygens (including phenoxy) is 2. The highest BCUT2D eigenvalue weighted by Crippen LogP contribution is 2.26. The molecule has 2 aromatic rings. The molecule has 10 heteroatoms. The molecule has 2 unspecified atom stereocenters. The van der Waals surface area contributed by atoms with Crippen LogP contribution >= 0.6 is 11.3 Å². The number of carbonyl (C=O) groups is 2. The Morgan fingerprint density at radius 2 is 1.90 bits per heavy atom. The zero-order valence-electron chi connectivity index (χ0n) is 18.5. The van der Waals surface area contributed by atoms with Crippen molar-refractivity contribution >= 4 is 34.3 Å². The lowest BCUT2D eigenvalue weighted by atomic mass is 10.2. The van der Waals surface area contributed by atoms with Gasteiger partial charge in [-0.25, -0.2) is 14.8 Å². The fourth-order valence-electron chi connectivity index (χ4n) is 3.19. The van der Waals surface area contributed by atoms with Crippen molar-refractivity contribution in [3.05, 3.63) is 23.6 Å². The molecule has 0 radical (unpaired) electrons. The monoisotopic (exact) mass is 447 g/mol. The van der Waals surface area contributed by atoms with Crippen LogP contribution in [0, 0.1) is 0 Å². The Labute approximate surface area is 186 Å². The lowest BCUT2D eigenvalue weighted by molar-refractivity contribution is -0.115. The van der Waals surface area contributed by atoms with Crippen LogP contribution in [0.5, 0.6) is 0 Å². The minimum atomic E-state index is -0.643. The van der Waals surface area contributed by atoms with Gasteiger partial charge < -0.3 is 25.0 Å². The van der Waals surface area contributed by atoms with E-state index in [1.807, 2.05) is 23.6 Å². The first-order valence-corrected chi connectivity index (χ1v) is 11.1. The van der Waals surface area contributed by atoms with E-state index in [0.717, 1.165) is 24.6 Å². The molecule has 168 valence electrons. The van der Waals surface area contributed by atoms with Crippen LogP contribution in [-0.4, -0.2) is 59.4 Å². The van der Waals surface area contributed by atoms with Gasteiger partial charge in [-0.05, 0) is 46.8 Å². The summed E-state index contributed by atoms with van der Waals surface area (Å²) in [6.45, 7) is 10.7. The third kappa shape index (κ3) is 6.90. The Balaban J connectivity index is 1.59. The molecular weight excluding hydrogens is 418 g/mol. The number of nitrogens with zero attached hydrogens (tertiary/aromatic N) is 3. The second-order valence-electron chi connectivity index (χ2n) is 8.48. The Morgan fingerprint density at radius 1 is 1.19 bits per heavy atom. The zero-order chi connectivity index (χ0) is 22.6. The number of alkyl carbamates (subject to hydrolysis) is 1. The molecule has 0 bridgehead atoms. The van der Waals surface area contributed by atoms with Gasteiger partial charge in [0.15, 0.2) is 5.13 Å². The number of rotatable bonds is 5. The van der Waals surface area contributed by atoms with E-state index in [0.29, 0.717) is 10.8 Å². The lowest BCUT2D eigenvalue weighted by Crippen LogP contribution is -2.45. The molecule has 1 fully saturated rings. The van der Waals surface area contributed by atoms with Crippen molar-refractivity contribution in [2.24, 2.45) is 0 Å². The number of hydrogen-bond donors (Lipinski definition) is 2. The number of amides is 2. The zero-order valence-corrected chi connectivity index (χ0v) is 19.3. The van der Waals surface area contributed by atoms with Gasteiger partial charge in [-0.1, -0.05) is 6.07 Å². The Hall–Kier alpha value is -2.72. The van der Waals surface area contributed by atoms with E-state index in [2.05, 4.69) is 34.4 Å². The maximum absolute atomic E-state index is 12.1. The van der Waals surface area contributed by atoms with E-state index in [4.69, 9.17) is 14.5 Å². The smallest absolute Gasteiger partial charge is 0.408 e. The van der Waals surface area contributed by atoms with E-state index in [-0.39, 0.29) is 24.7 Å². The van der Waals surface area contributed by atoms with Crippen LogP contribution < -0.4 is 15.5 Å². The van der Waals surface area contributed by atoms with Gasteiger partial charge in [0, 0.05) is 18.5 Å². The summed E-state index contributed by atoms with van der Waals surface area (Å²) in [6.07, 6.45) is -0.357. The molecule has 1 aliphatic heterocycles. The van der Waals surface area contributed by atoms with Gasteiger partial charge in [-0.3, -0.25) is 4.79 Å². The van der Waals surface area contributed by atoms with Crippen molar-refractivity contribution in [1.82, 2.24) is 15.3 Å². The fourth-order valence-corrected chi connectivity index (χ4v) is 3.91. The van der Waals surface area contributed by atoms with Crippen molar-refractivity contribution in [3.8, 4) is 11.4 Å². The van der Waals surface area contributed by atoms with Gasteiger partial charge in [0.05, 0.1) is 17.9 Å². The molecule has 31 heavy (non-hydrogen) atoms. The Morgan fingerprint density at radius 3 is 2.58 bits per heavy atom. The Bertz CT molecular complexity index is 916. The summed E-state index contributed by atoms with van der Waals surface area (Å²) in [6, 6.07) is 5.82. The van der Waals surface area contributed by atoms with Crippen molar-refractivity contribution in [3.63, 3.8) is 0 Å². The van der Waals surface area contributed by atoms with Crippen molar-refractivity contribution in [2.75, 3.05) is 29.9 Å². The molecule has 0 spiro atoms. The third-order valence-electron chi connectivity index (χ3n) is 4.28. The van der Waals surface area contributed by atoms with Crippen LogP contribution in [-0.2, 0) is 14.3 Å². The first-order valence-electron chi connectivity index (χ1n) is 10.2. The molecule has 9 nitrogen and oxygen atoms in total. The standard InChI is InChI=1S/C21H29N5O4S/c1-13-10-26(11-14(2)29-13)17-8-6-7-15(23-17)16-12-31-19(24-16)25-18(27)9-22-20(28)30-21(3,4)5/h6-8,12-14H,9-11H2,1-5H3,(H,22,28)(H,24,25,27). The first-order chi connectivity index (χ1) is 14.6. The van der Waals surface area contributed by atoms with E-state index in [1.54, 1.807) is 20.8 Å². The summed E-state index contributed by atoms with van der Waals surface area (Å²) in [7, 11) is 0. The number of nitrogens with one attached hydrogen (secondary N) is 2. The van der Waals surface area contributed by atoms with Crippen LogP contribution in [0.25, 0.3) is 11.4 Å². The first kappa shape index (κ1) is 23.0. The fraction of sp³-hybridized carbons (Fsp3) is 0.524. The predicted molar refractivity (Wildman–Crippen MR) is 120 cm³/mol. The van der Waals surface area contributed by atoms with Gasteiger partial charge in [0.2, 0.25) is 5.91 Å². The van der Waals surface area contributed by atoms with Gasteiger partial charge >= 0.3 is 6.09 Å². The molecule has 1 aliphatic rings. The normalized spacial score (nSPS) is 19.1. The molecule has 2 aromatic heterocycles. The third-order valence-corrected chi connectivity index (χ3v) is 5.04. The molecule has 2 amide bonds. The van der Waals surface area contributed by atoms with Gasteiger partial charge in [0.25, 0.3) is 0 Å². The molecule has 2 N–H and O–H groups in total. The number of anilines is 2. The minimum absolute atomic E-state index is 0.143. The topological polar surface area (TPSA) is 106 Å². The van der Waals surface area contributed by atoms with Crippen LogP contribution in [0.1, 0.15) is 34.6 Å². The van der Waals surface area contributed by atoms with Gasteiger partial charge in [-0.15, -0.1) is 11.3 Å². The van der Waals surface area contributed by atoms with Crippen LogP contribution in [0.3, 0.4) is 0 Å². The minimum Gasteiger partial charge on any atom is -0.444 e. The summed E-state index contributed by atoms with van der Waals surface area (Å²) in [5.41, 5.74) is 0.786. The van der Waals surface area contributed by atoms with Gasteiger partial charge in [-0.2, -0.15) is 0 Å². The highest BCUT2D eigenvalue weighted by Gasteiger charge is 2.23. The number of hydrogen-bond acceptors (Lipinski definition) is 8. The highest BCUT2D eigenvalue weighted by molar-refractivity contribution is 7.14. The SMILES string of the molecule is CC1CN(c2cccc(-c3csc(NC(=O)CNC(=O)OC(C)(C)C)n3)n2)CC(C)O1. The Kier molecular flexibility index (Phi) is 7.11. The number of aromatic nitrogens is 2. The predicted octanol–water partition coefficient (Wildman–Crippen LogP) is 3.28. The average molecular weight is 448 g/mol. The molecule has 3 rings (SSSR count).